The molecule has 1 aromatic heterocycles. The lowest BCUT2D eigenvalue weighted by Gasteiger charge is -2.31. The van der Waals surface area contributed by atoms with Gasteiger partial charge in [-0.2, -0.15) is 5.10 Å². The standard InChI is InChI=1S/C15H30ClN5/c1-11(15(2,3)4)9-13(19-17)14-12(16)10-18-21(14)8-7-20(5)6/h10-11,13,19H,7-9,17H2,1-6H3. The fraction of sp³-hybridized carbons (Fsp3) is 0.800. The number of hydrogen-bond acceptors (Lipinski definition) is 4. The first-order valence-electron chi connectivity index (χ1n) is 7.48. The molecule has 6 heteroatoms. The smallest absolute Gasteiger partial charge is 0.0834 e. The summed E-state index contributed by atoms with van der Waals surface area (Å²) in [7, 11) is 4.09. The summed E-state index contributed by atoms with van der Waals surface area (Å²) in [5.74, 6) is 6.30. The van der Waals surface area contributed by atoms with Crippen LogP contribution in [0.4, 0.5) is 0 Å². The molecule has 0 aliphatic carbocycles. The minimum atomic E-state index is 0.0105. The Labute approximate surface area is 133 Å². The molecular formula is C15H30ClN5. The van der Waals surface area contributed by atoms with Crippen molar-refractivity contribution in [2.45, 2.75) is 46.7 Å². The normalized spacial score (nSPS) is 15.5. The first-order chi connectivity index (χ1) is 9.66. The highest BCUT2D eigenvalue weighted by atomic mass is 35.5. The molecule has 5 nitrogen and oxygen atoms in total. The van der Waals surface area contributed by atoms with Crippen LogP contribution in [0.1, 0.15) is 45.9 Å². The van der Waals surface area contributed by atoms with Crippen LogP contribution in [0.5, 0.6) is 0 Å². The largest absolute Gasteiger partial charge is 0.308 e. The molecule has 0 bridgehead atoms. The van der Waals surface area contributed by atoms with Gasteiger partial charge in [0.15, 0.2) is 0 Å². The molecule has 2 unspecified atom stereocenters. The number of halogens is 1. The van der Waals surface area contributed by atoms with E-state index in [2.05, 4.69) is 43.1 Å². The molecule has 0 radical (unpaired) electrons. The van der Waals surface area contributed by atoms with E-state index in [0.717, 1.165) is 25.2 Å². The van der Waals surface area contributed by atoms with Gasteiger partial charge in [0.2, 0.25) is 0 Å². The summed E-state index contributed by atoms with van der Waals surface area (Å²) < 4.78 is 1.96. The second kappa shape index (κ2) is 7.58. The highest BCUT2D eigenvalue weighted by Gasteiger charge is 2.27. The number of likely N-dealkylation sites (N-methyl/N-ethyl adjacent to an activating group) is 1. The maximum absolute atomic E-state index is 6.34. The molecule has 2 atom stereocenters. The zero-order chi connectivity index (χ0) is 16.2. The van der Waals surface area contributed by atoms with Gasteiger partial charge in [0, 0.05) is 6.54 Å². The molecule has 1 rings (SSSR count). The Morgan fingerprint density at radius 2 is 2.05 bits per heavy atom. The quantitative estimate of drug-likeness (QED) is 0.600. The summed E-state index contributed by atoms with van der Waals surface area (Å²) in [6, 6.07) is 0.0105. The summed E-state index contributed by atoms with van der Waals surface area (Å²) in [5, 5.41) is 5.07. The minimum Gasteiger partial charge on any atom is -0.308 e. The SMILES string of the molecule is CC(CC(NN)c1c(Cl)cnn1CCN(C)C)C(C)(C)C. The van der Waals surface area contributed by atoms with Crippen LogP contribution in [0.15, 0.2) is 6.20 Å². The minimum absolute atomic E-state index is 0.0105. The van der Waals surface area contributed by atoms with Gasteiger partial charge in [0.05, 0.1) is 29.5 Å². The average molecular weight is 316 g/mol. The Morgan fingerprint density at radius 1 is 1.43 bits per heavy atom. The molecule has 1 heterocycles. The maximum Gasteiger partial charge on any atom is 0.0834 e. The number of nitrogens with zero attached hydrogens (tertiary/aromatic N) is 3. The van der Waals surface area contributed by atoms with E-state index in [-0.39, 0.29) is 11.5 Å². The van der Waals surface area contributed by atoms with Crippen molar-refractivity contribution in [1.82, 2.24) is 20.1 Å². The van der Waals surface area contributed by atoms with E-state index in [0.29, 0.717) is 10.9 Å². The molecule has 0 spiro atoms. The highest BCUT2D eigenvalue weighted by molar-refractivity contribution is 6.31. The Morgan fingerprint density at radius 3 is 2.52 bits per heavy atom. The van der Waals surface area contributed by atoms with Crippen molar-refractivity contribution in [2.24, 2.45) is 17.2 Å². The number of hydrogen-bond donors (Lipinski definition) is 2. The third-order valence-electron chi connectivity index (χ3n) is 4.19. The van der Waals surface area contributed by atoms with Crippen LogP contribution in [0.25, 0.3) is 0 Å². The Kier molecular flexibility index (Phi) is 6.66. The van der Waals surface area contributed by atoms with Crippen LogP contribution < -0.4 is 11.3 Å². The van der Waals surface area contributed by atoms with Gasteiger partial charge in [-0.05, 0) is 31.8 Å². The van der Waals surface area contributed by atoms with Gasteiger partial charge < -0.3 is 4.90 Å². The van der Waals surface area contributed by atoms with Crippen molar-refractivity contribution in [3.05, 3.63) is 16.9 Å². The van der Waals surface area contributed by atoms with E-state index in [9.17, 15) is 0 Å². The summed E-state index contributed by atoms with van der Waals surface area (Å²) in [6.45, 7) is 10.7. The zero-order valence-electron chi connectivity index (χ0n) is 14.2. The van der Waals surface area contributed by atoms with Crippen LogP contribution in [-0.2, 0) is 6.54 Å². The lowest BCUT2D eigenvalue weighted by Crippen LogP contribution is -2.34. The second-order valence-corrected chi connectivity index (χ2v) is 7.53. The number of nitrogens with two attached hydrogens (primary N) is 1. The van der Waals surface area contributed by atoms with Crippen LogP contribution >= 0.6 is 11.6 Å². The lowest BCUT2D eigenvalue weighted by molar-refractivity contribution is 0.219. The molecule has 0 aliphatic heterocycles. The first-order valence-corrected chi connectivity index (χ1v) is 7.86. The molecule has 0 saturated heterocycles. The molecule has 21 heavy (non-hydrogen) atoms. The van der Waals surface area contributed by atoms with E-state index in [1.54, 1.807) is 6.20 Å². The van der Waals surface area contributed by atoms with E-state index in [1.165, 1.54) is 0 Å². The summed E-state index contributed by atoms with van der Waals surface area (Å²) in [6.07, 6.45) is 2.63. The van der Waals surface area contributed by atoms with Gasteiger partial charge in [-0.25, -0.2) is 0 Å². The van der Waals surface area contributed by atoms with Gasteiger partial charge in [0.25, 0.3) is 0 Å². The van der Waals surface area contributed by atoms with Crippen molar-refractivity contribution < 1.29 is 0 Å². The molecule has 0 aliphatic rings. The monoisotopic (exact) mass is 315 g/mol. The predicted octanol–water partition coefficient (Wildman–Crippen LogP) is 2.67. The lowest BCUT2D eigenvalue weighted by atomic mass is 9.78. The predicted molar refractivity (Wildman–Crippen MR) is 89.1 cm³/mol. The van der Waals surface area contributed by atoms with Crippen molar-refractivity contribution >= 4 is 11.6 Å². The van der Waals surface area contributed by atoms with E-state index >= 15 is 0 Å². The van der Waals surface area contributed by atoms with Crippen molar-refractivity contribution in [3.8, 4) is 0 Å². The highest BCUT2D eigenvalue weighted by Crippen LogP contribution is 2.34. The Balaban J connectivity index is 2.92. The number of hydrazine groups is 1. The molecule has 0 saturated carbocycles. The fourth-order valence-corrected chi connectivity index (χ4v) is 2.43. The summed E-state index contributed by atoms with van der Waals surface area (Å²) in [5.41, 5.74) is 4.13. The van der Waals surface area contributed by atoms with Gasteiger partial charge in [-0.15, -0.1) is 0 Å². The first kappa shape index (κ1) is 18.4. The van der Waals surface area contributed by atoms with Crippen LogP contribution in [0.2, 0.25) is 5.02 Å². The van der Waals surface area contributed by atoms with Gasteiger partial charge in [-0.3, -0.25) is 16.0 Å². The molecule has 0 aromatic carbocycles. The zero-order valence-corrected chi connectivity index (χ0v) is 14.9. The van der Waals surface area contributed by atoms with Gasteiger partial charge in [-0.1, -0.05) is 39.3 Å². The van der Waals surface area contributed by atoms with Crippen LogP contribution in [0.3, 0.4) is 0 Å². The molecular weight excluding hydrogens is 286 g/mol. The number of aromatic nitrogens is 2. The Bertz CT molecular complexity index is 436. The number of nitrogens with one attached hydrogen (secondary N) is 1. The third-order valence-corrected chi connectivity index (χ3v) is 4.48. The molecule has 3 N–H and O–H groups in total. The Hall–Kier alpha value is -0.620. The van der Waals surface area contributed by atoms with Crippen LogP contribution in [-0.4, -0.2) is 35.3 Å². The van der Waals surface area contributed by atoms with Crippen LogP contribution in [0, 0.1) is 11.3 Å². The van der Waals surface area contributed by atoms with E-state index < -0.39 is 0 Å². The average Bonchev–Trinajstić information content (AvgIpc) is 2.73. The van der Waals surface area contributed by atoms with Gasteiger partial charge in [0.1, 0.15) is 0 Å². The third kappa shape index (κ3) is 5.25. The topological polar surface area (TPSA) is 59.1 Å². The van der Waals surface area contributed by atoms with Crippen molar-refractivity contribution in [3.63, 3.8) is 0 Å². The maximum atomic E-state index is 6.34. The summed E-state index contributed by atoms with van der Waals surface area (Å²) >= 11 is 6.34. The fourth-order valence-electron chi connectivity index (χ4n) is 2.16. The van der Waals surface area contributed by atoms with E-state index in [4.69, 9.17) is 17.4 Å². The molecule has 0 fully saturated rings. The van der Waals surface area contributed by atoms with Gasteiger partial charge >= 0.3 is 0 Å². The van der Waals surface area contributed by atoms with Crippen molar-refractivity contribution in [2.75, 3.05) is 20.6 Å². The summed E-state index contributed by atoms with van der Waals surface area (Å²) in [4.78, 5) is 2.13. The number of rotatable bonds is 7. The molecule has 0 amide bonds. The molecule has 122 valence electrons. The van der Waals surface area contributed by atoms with Crippen molar-refractivity contribution in [1.29, 1.82) is 0 Å². The molecule has 1 aromatic rings. The second-order valence-electron chi connectivity index (χ2n) is 7.13. The van der Waals surface area contributed by atoms with E-state index in [1.807, 2.05) is 18.8 Å².